The molecule has 7 nitrogen and oxygen atoms in total. The van der Waals surface area contributed by atoms with Crippen molar-refractivity contribution in [2.24, 2.45) is 0 Å². The van der Waals surface area contributed by atoms with Crippen molar-refractivity contribution in [1.29, 1.82) is 0 Å². The van der Waals surface area contributed by atoms with Crippen LogP contribution in [0.3, 0.4) is 0 Å². The Morgan fingerprint density at radius 2 is 1.69 bits per heavy atom. The average Bonchev–Trinajstić information content (AvgIpc) is 2.60. The first-order chi connectivity index (χ1) is 12.3. The summed E-state index contributed by atoms with van der Waals surface area (Å²) in [4.78, 5) is 14.6. The number of benzene rings is 1. The zero-order valence-electron chi connectivity index (χ0n) is 15.3. The molecule has 0 bridgehead atoms. The van der Waals surface area contributed by atoms with Gasteiger partial charge >= 0.3 is 10.4 Å². The molecular formula is C18H29NO6S. The van der Waals surface area contributed by atoms with Crippen molar-refractivity contribution >= 4 is 16.2 Å². The van der Waals surface area contributed by atoms with Crippen molar-refractivity contribution in [2.45, 2.75) is 45.4 Å². The molecule has 0 spiro atoms. The minimum Gasteiger partial charge on any atom is -0.494 e. The van der Waals surface area contributed by atoms with Crippen LogP contribution in [0.1, 0.15) is 55.8 Å². The second-order valence-electron chi connectivity index (χ2n) is 6.25. The van der Waals surface area contributed by atoms with Crippen LogP contribution >= 0.6 is 0 Å². The predicted molar refractivity (Wildman–Crippen MR) is 100 cm³/mol. The maximum atomic E-state index is 12.2. The van der Waals surface area contributed by atoms with E-state index in [2.05, 4.69) is 11.8 Å². The fourth-order valence-corrected chi connectivity index (χ4v) is 2.66. The number of carbonyl (C=O) groups is 1. The molecule has 1 aliphatic rings. The van der Waals surface area contributed by atoms with Gasteiger partial charge in [0, 0.05) is 18.5 Å². The summed E-state index contributed by atoms with van der Waals surface area (Å²) < 4.78 is 37.2. The quantitative estimate of drug-likeness (QED) is 0.401. The molecule has 0 aromatic heterocycles. The summed E-state index contributed by atoms with van der Waals surface area (Å²) in [6.45, 7) is 6.09. The van der Waals surface area contributed by atoms with E-state index in [9.17, 15) is 4.79 Å². The van der Waals surface area contributed by atoms with E-state index in [0.29, 0.717) is 6.42 Å². The van der Waals surface area contributed by atoms with E-state index in [1.54, 1.807) is 0 Å². The van der Waals surface area contributed by atoms with E-state index in [1.807, 2.05) is 24.3 Å². The van der Waals surface area contributed by atoms with Crippen LogP contribution in [-0.4, -0.2) is 54.4 Å². The van der Waals surface area contributed by atoms with Crippen LogP contribution in [0.2, 0.25) is 0 Å². The third-order valence-corrected chi connectivity index (χ3v) is 4.05. The molecule has 0 unspecified atom stereocenters. The number of likely N-dealkylation sites (tertiary alicyclic amines) is 1. The number of ketones is 1. The molecule has 0 aliphatic carbocycles. The highest BCUT2D eigenvalue weighted by molar-refractivity contribution is 7.79. The van der Waals surface area contributed by atoms with Crippen molar-refractivity contribution in [3.8, 4) is 5.75 Å². The summed E-state index contributed by atoms with van der Waals surface area (Å²) in [6, 6.07) is 7.59. The van der Waals surface area contributed by atoms with Crippen molar-refractivity contribution in [1.82, 2.24) is 4.90 Å². The zero-order valence-corrected chi connectivity index (χ0v) is 16.1. The normalized spacial score (nSPS) is 15.0. The lowest BCUT2D eigenvalue weighted by Crippen LogP contribution is -2.31. The second kappa shape index (κ2) is 12.0. The third kappa shape index (κ3) is 11.2. The highest BCUT2D eigenvalue weighted by Crippen LogP contribution is 2.15. The second-order valence-corrected chi connectivity index (χ2v) is 7.15. The highest BCUT2D eigenvalue weighted by Gasteiger charge is 2.12. The first-order valence-electron chi connectivity index (χ1n) is 8.98. The molecule has 0 amide bonds. The molecule has 26 heavy (non-hydrogen) atoms. The number of hydrogen-bond donors (Lipinski definition) is 2. The summed E-state index contributed by atoms with van der Waals surface area (Å²) in [5.74, 6) is 1.09. The molecule has 148 valence electrons. The molecule has 1 saturated heterocycles. The summed E-state index contributed by atoms with van der Waals surface area (Å²) >= 11 is 0. The number of ether oxygens (including phenoxy) is 1. The lowest BCUT2D eigenvalue weighted by Gasteiger charge is -2.25. The van der Waals surface area contributed by atoms with E-state index in [-0.39, 0.29) is 5.78 Å². The largest absolute Gasteiger partial charge is 0.494 e. The van der Waals surface area contributed by atoms with Gasteiger partial charge in [0.25, 0.3) is 0 Å². The van der Waals surface area contributed by atoms with E-state index >= 15 is 0 Å². The van der Waals surface area contributed by atoms with Crippen LogP contribution in [0, 0.1) is 0 Å². The van der Waals surface area contributed by atoms with Gasteiger partial charge in [0.15, 0.2) is 5.78 Å². The van der Waals surface area contributed by atoms with Crippen LogP contribution in [-0.2, 0) is 10.4 Å². The van der Waals surface area contributed by atoms with Gasteiger partial charge in [0.2, 0.25) is 0 Å². The first kappa shape index (κ1) is 22.6. The van der Waals surface area contributed by atoms with E-state index in [1.165, 1.54) is 19.3 Å². The Morgan fingerprint density at radius 3 is 2.23 bits per heavy atom. The summed E-state index contributed by atoms with van der Waals surface area (Å²) in [5.41, 5.74) is 0.801. The Kier molecular flexibility index (Phi) is 10.4. The van der Waals surface area contributed by atoms with Crippen molar-refractivity contribution in [3.63, 3.8) is 0 Å². The molecule has 1 fully saturated rings. The molecule has 1 aliphatic heterocycles. The number of unbranched alkanes of at least 4 members (excludes halogenated alkanes) is 1. The predicted octanol–water partition coefficient (Wildman–Crippen LogP) is 3.27. The molecule has 0 radical (unpaired) electrons. The lowest BCUT2D eigenvalue weighted by atomic mass is 10.1. The monoisotopic (exact) mass is 387 g/mol. The molecule has 1 aromatic carbocycles. The topological polar surface area (TPSA) is 104 Å². The average molecular weight is 387 g/mol. The molecule has 1 heterocycles. The Bertz CT molecular complexity index is 616. The minimum atomic E-state index is -4.67. The van der Waals surface area contributed by atoms with Gasteiger partial charge in [-0.05, 0) is 56.6 Å². The Hall–Kier alpha value is -1.48. The van der Waals surface area contributed by atoms with E-state index in [0.717, 1.165) is 50.4 Å². The molecule has 0 saturated carbocycles. The molecule has 8 heteroatoms. The smallest absolute Gasteiger partial charge is 0.394 e. The van der Waals surface area contributed by atoms with Crippen molar-refractivity contribution in [2.75, 3.05) is 26.2 Å². The first-order valence-corrected chi connectivity index (χ1v) is 10.4. The molecule has 2 N–H and O–H groups in total. The van der Waals surface area contributed by atoms with Gasteiger partial charge in [-0.25, -0.2) is 0 Å². The number of hydrogen-bond acceptors (Lipinski definition) is 5. The molecule has 2 rings (SSSR count). The number of nitrogens with zero attached hydrogens (tertiary/aromatic N) is 1. The molecule has 1 aromatic rings. The van der Waals surface area contributed by atoms with E-state index in [4.69, 9.17) is 22.3 Å². The van der Waals surface area contributed by atoms with Crippen LogP contribution < -0.4 is 4.74 Å². The van der Waals surface area contributed by atoms with E-state index < -0.39 is 10.4 Å². The van der Waals surface area contributed by atoms with Crippen LogP contribution in [0.4, 0.5) is 0 Å². The summed E-state index contributed by atoms with van der Waals surface area (Å²) in [6.07, 6.45) is 6.71. The number of piperidine rings is 1. The Balaban J connectivity index is 0.000000597. The molecular weight excluding hydrogens is 358 g/mol. The standard InChI is InChI=1S/C18H27NO2.H2O4S/c1-2-3-15-21-17-9-7-16(8-10-17)18(20)11-14-19-12-5-4-6-13-19;1-5(2,3)4/h7-10H,2-6,11-15H2,1H3;(H2,1,2,3,4). The fraction of sp³-hybridized carbons (Fsp3) is 0.611. The van der Waals surface area contributed by atoms with Gasteiger partial charge in [-0.1, -0.05) is 19.8 Å². The van der Waals surface area contributed by atoms with Gasteiger partial charge in [0.1, 0.15) is 5.75 Å². The molecule has 0 atom stereocenters. The fourth-order valence-electron chi connectivity index (χ4n) is 2.66. The number of Topliss-reactive ketones (excluding diaryl/α,β-unsaturated/α-hetero) is 1. The van der Waals surface area contributed by atoms with Crippen molar-refractivity contribution in [3.05, 3.63) is 29.8 Å². The maximum absolute atomic E-state index is 12.2. The Labute approximate surface area is 155 Å². The minimum absolute atomic E-state index is 0.237. The van der Waals surface area contributed by atoms with Gasteiger partial charge in [-0.3, -0.25) is 13.9 Å². The van der Waals surface area contributed by atoms with Gasteiger partial charge < -0.3 is 9.64 Å². The Morgan fingerprint density at radius 1 is 1.12 bits per heavy atom. The summed E-state index contributed by atoms with van der Waals surface area (Å²) in [5, 5.41) is 0. The van der Waals surface area contributed by atoms with Crippen LogP contribution in [0.15, 0.2) is 24.3 Å². The SMILES string of the molecule is CCCCOc1ccc(C(=O)CCN2CCCCC2)cc1.O=S(=O)(O)O. The van der Waals surface area contributed by atoms with Crippen molar-refractivity contribution < 1.29 is 27.1 Å². The zero-order chi connectivity index (χ0) is 19.4. The van der Waals surface area contributed by atoms with Gasteiger partial charge in [-0.2, -0.15) is 8.42 Å². The number of rotatable bonds is 8. The van der Waals surface area contributed by atoms with Gasteiger partial charge in [-0.15, -0.1) is 0 Å². The van der Waals surface area contributed by atoms with Crippen LogP contribution in [0.5, 0.6) is 5.75 Å². The van der Waals surface area contributed by atoms with Gasteiger partial charge in [0.05, 0.1) is 6.61 Å². The van der Waals surface area contributed by atoms with Crippen LogP contribution in [0.25, 0.3) is 0 Å². The third-order valence-electron chi connectivity index (χ3n) is 4.05. The summed E-state index contributed by atoms with van der Waals surface area (Å²) in [7, 11) is -4.67. The number of carbonyl (C=O) groups excluding carboxylic acids is 1. The maximum Gasteiger partial charge on any atom is 0.394 e. The highest BCUT2D eigenvalue weighted by atomic mass is 32.3. The lowest BCUT2D eigenvalue weighted by molar-refractivity contribution is 0.0958.